The first-order valence-electron chi connectivity index (χ1n) is 5.71. The number of aliphatic hydroxyl groups is 1. The van der Waals surface area contributed by atoms with Gasteiger partial charge in [0.15, 0.2) is 0 Å². The summed E-state index contributed by atoms with van der Waals surface area (Å²) in [5, 5.41) is 9.70. The van der Waals surface area contributed by atoms with Gasteiger partial charge in [0, 0.05) is 12.6 Å². The highest BCUT2D eigenvalue weighted by atomic mass is 16.6. The van der Waals surface area contributed by atoms with E-state index in [1.807, 2.05) is 20.8 Å². The summed E-state index contributed by atoms with van der Waals surface area (Å²) in [6.07, 6.45) is 0.508. The Bertz CT molecular complexity index is 250. The van der Waals surface area contributed by atoms with Crippen LogP contribution in [0.3, 0.4) is 0 Å². The third-order valence-corrected chi connectivity index (χ3v) is 2.52. The van der Waals surface area contributed by atoms with Gasteiger partial charge in [-0.2, -0.15) is 0 Å². The minimum absolute atomic E-state index is 0.243. The lowest BCUT2D eigenvalue weighted by molar-refractivity contribution is 0.0163. The molecular weight excluding hydrogens is 208 g/mol. The highest BCUT2D eigenvalue weighted by Gasteiger charge is 2.28. The first-order chi connectivity index (χ1) is 7.29. The van der Waals surface area contributed by atoms with E-state index in [1.54, 1.807) is 0 Å². The van der Waals surface area contributed by atoms with Crippen LogP contribution >= 0.6 is 0 Å². The molecule has 1 amide bonds. The molecule has 0 radical (unpaired) electrons. The average Bonchev–Trinajstić information content (AvgIpc) is 2.27. The fraction of sp³-hybridized carbons (Fsp3) is 0.909. The molecule has 94 valence electrons. The van der Waals surface area contributed by atoms with Gasteiger partial charge in [-0.3, -0.25) is 0 Å². The molecule has 5 heteroatoms. The van der Waals surface area contributed by atoms with E-state index in [-0.39, 0.29) is 18.7 Å². The molecule has 1 aliphatic heterocycles. The normalized spacial score (nSPS) is 27.4. The second kappa shape index (κ2) is 5.01. The fourth-order valence-corrected chi connectivity index (χ4v) is 1.66. The van der Waals surface area contributed by atoms with E-state index < -0.39 is 11.7 Å². The standard InChI is InChI=1S/C11H22N2O3/c1-11(2,3)16-10(15)13-6-4-5-8(12)9(14)7-13/h8-9,14H,4-7,12H2,1-3H3/t8-,9-/m1/s1. The molecule has 1 fully saturated rings. The SMILES string of the molecule is CC(C)(C)OC(=O)N1CCC[C@@H](N)[C@H](O)C1. The molecule has 0 bridgehead atoms. The van der Waals surface area contributed by atoms with Crippen LogP contribution in [-0.4, -0.2) is 46.9 Å². The van der Waals surface area contributed by atoms with Crippen LogP contribution < -0.4 is 5.73 Å². The molecular formula is C11H22N2O3. The van der Waals surface area contributed by atoms with E-state index in [0.717, 1.165) is 12.8 Å². The molecule has 5 nitrogen and oxygen atoms in total. The second-order valence-corrected chi connectivity index (χ2v) is 5.30. The van der Waals surface area contributed by atoms with Gasteiger partial charge in [0.05, 0.1) is 12.6 Å². The van der Waals surface area contributed by atoms with Crippen LogP contribution in [0.2, 0.25) is 0 Å². The van der Waals surface area contributed by atoms with Crippen molar-refractivity contribution < 1.29 is 14.6 Å². The third-order valence-electron chi connectivity index (χ3n) is 2.52. The van der Waals surface area contributed by atoms with Gasteiger partial charge < -0.3 is 20.5 Å². The van der Waals surface area contributed by atoms with E-state index >= 15 is 0 Å². The number of hydrogen-bond donors (Lipinski definition) is 2. The molecule has 0 saturated carbocycles. The lowest BCUT2D eigenvalue weighted by Crippen LogP contribution is -2.44. The van der Waals surface area contributed by atoms with Gasteiger partial charge in [-0.05, 0) is 33.6 Å². The summed E-state index contributed by atoms with van der Waals surface area (Å²) in [7, 11) is 0. The van der Waals surface area contributed by atoms with Crippen LogP contribution in [0, 0.1) is 0 Å². The minimum Gasteiger partial charge on any atom is -0.444 e. The van der Waals surface area contributed by atoms with Crippen LogP contribution in [0.5, 0.6) is 0 Å². The highest BCUT2D eigenvalue weighted by Crippen LogP contribution is 2.14. The monoisotopic (exact) mass is 230 g/mol. The number of carbonyl (C=O) groups is 1. The number of hydrogen-bond acceptors (Lipinski definition) is 4. The topological polar surface area (TPSA) is 75.8 Å². The number of nitrogens with zero attached hydrogens (tertiary/aromatic N) is 1. The molecule has 1 rings (SSSR count). The molecule has 0 aromatic rings. The number of β-amino-alcohol motifs (C(OH)–C–C–N with tert-alkyl or cyclic N) is 1. The number of likely N-dealkylation sites (tertiary alicyclic amines) is 1. The first-order valence-corrected chi connectivity index (χ1v) is 5.71. The van der Waals surface area contributed by atoms with Crippen molar-refractivity contribution in [3.63, 3.8) is 0 Å². The lowest BCUT2D eigenvalue weighted by atomic mass is 10.1. The van der Waals surface area contributed by atoms with Crippen LogP contribution in [0.4, 0.5) is 4.79 Å². The number of nitrogens with two attached hydrogens (primary N) is 1. The minimum atomic E-state index is -0.657. The maximum Gasteiger partial charge on any atom is 0.410 e. The summed E-state index contributed by atoms with van der Waals surface area (Å²) < 4.78 is 5.25. The zero-order valence-electron chi connectivity index (χ0n) is 10.3. The molecule has 16 heavy (non-hydrogen) atoms. The number of carbonyl (C=O) groups excluding carboxylic acids is 1. The van der Waals surface area contributed by atoms with E-state index in [9.17, 15) is 9.90 Å². The van der Waals surface area contributed by atoms with Gasteiger partial charge in [-0.15, -0.1) is 0 Å². The Labute approximate surface area is 96.6 Å². The molecule has 0 unspecified atom stereocenters. The summed E-state index contributed by atoms with van der Waals surface area (Å²) in [6.45, 7) is 6.33. The van der Waals surface area contributed by atoms with Gasteiger partial charge in [-0.1, -0.05) is 0 Å². The fourth-order valence-electron chi connectivity index (χ4n) is 1.66. The van der Waals surface area contributed by atoms with Gasteiger partial charge in [0.25, 0.3) is 0 Å². The maximum absolute atomic E-state index is 11.8. The van der Waals surface area contributed by atoms with Crippen molar-refractivity contribution >= 4 is 6.09 Å². The van der Waals surface area contributed by atoms with Crippen LogP contribution in [0.1, 0.15) is 33.6 Å². The highest BCUT2D eigenvalue weighted by molar-refractivity contribution is 5.68. The van der Waals surface area contributed by atoms with E-state index in [2.05, 4.69) is 0 Å². The molecule has 3 N–H and O–H groups in total. The maximum atomic E-state index is 11.8. The quantitative estimate of drug-likeness (QED) is 0.642. The Morgan fingerprint density at radius 3 is 2.69 bits per heavy atom. The Balaban J connectivity index is 2.56. The largest absolute Gasteiger partial charge is 0.444 e. The van der Waals surface area contributed by atoms with E-state index in [0.29, 0.717) is 6.54 Å². The van der Waals surface area contributed by atoms with Crippen LogP contribution in [0.15, 0.2) is 0 Å². The summed E-state index contributed by atoms with van der Waals surface area (Å²) in [6, 6.07) is -0.243. The lowest BCUT2D eigenvalue weighted by Gasteiger charge is -2.27. The Kier molecular flexibility index (Phi) is 4.15. The van der Waals surface area contributed by atoms with Gasteiger partial charge in [0.2, 0.25) is 0 Å². The van der Waals surface area contributed by atoms with Gasteiger partial charge in [-0.25, -0.2) is 4.79 Å². The predicted octanol–water partition coefficient (Wildman–Crippen LogP) is 0.706. The third kappa shape index (κ3) is 3.98. The second-order valence-electron chi connectivity index (χ2n) is 5.30. The van der Waals surface area contributed by atoms with Crippen molar-refractivity contribution in [2.24, 2.45) is 5.73 Å². The van der Waals surface area contributed by atoms with Gasteiger partial charge >= 0.3 is 6.09 Å². The number of ether oxygens (including phenoxy) is 1. The zero-order valence-corrected chi connectivity index (χ0v) is 10.3. The molecule has 0 spiro atoms. The van der Waals surface area contributed by atoms with Crippen molar-refractivity contribution in [2.45, 2.75) is 51.4 Å². The summed E-state index contributed by atoms with van der Waals surface area (Å²) >= 11 is 0. The molecule has 0 aromatic carbocycles. The Morgan fingerprint density at radius 1 is 1.50 bits per heavy atom. The van der Waals surface area contributed by atoms with Crippen molar-refractivity contribution in [3.8, 4) is 0 Å². The molecule has 0 aromatic heterocycles. The van der Waals surface area contributed by atoms with E-state index in [4.69, 9.17) is 10.5 Å². The molecule has 1 aliphatic rings. The smallest absolute Gasteiger partial charge is 0.410 e. The van der Waals surface area contributed by atoms with Crippen molar-refractivity contribution in [3.05, 3.63) is 0 Å². The Hall–Kier alpha value is -0.810. The molecule has 2 atom stereocenters. The molecule has 0 aliphatic carbocycles. The summed E-state index contributed by atoms with van der Waals surface area (Å²) in [5.74, 6) is 0. The van der Waals surface area contributed by atoms with Crippen LogP contribution in [-0.2, 0) is 4.74 Å². The van der Waals surface area contributed by atoms with Crippen molar-refractivity contribution in [1.29, 1.82) is 0 Å². The number of amides is 1. The number of aliphatic hydroxyl groups excluding tert-OH is 1. The number of rotatable bonds is 0. The summed E-state index contributed by atoms with van der Waals surface area (Å²) in [4.78, 5) is 13.3. The first kappa shape index (κ1) is 13.3. The van der Waals surface area contributed by atoms with Crippen LogP contribution in [0.25, 0.3) is 0 Å². The molecule has 1 saturated heterocycles. The average molecular weight is 230 g/mol. The molecule has 1 heterocycles. The zero-order chi connectivity index (χ0) is 12.3. The van der Waals surface area contributed by atoms with Crippen molar-refractivity contribution in [1.82, 2.24) is 4.90 Å². The van der Waals surface area contributed by atoms with Crippen molar-refractivity contribution in [2.75, 3.05) is 13.1 Å². The predicted molar refractivity (Wildman–Crippen MR) is 61.0 cm³/mol. The van der Waals surface area contributed by atoms with E-state index in [1.165, 1.54) is 4.90 Å². The summed E-state index contributed by atoms with van der Waals surface area (Å²) in [5.41, 5.74) is 5.24. The Morgan fingerprint density at radius 2 is 2.12 bits per heavy atom. The van der Waals surface area contributed by atoms with Gasteiger partial charge in [0.1, 0.15) is 5.60 Å².